The van der Waals surface area contributed by atoms with Crippen LogP contribution in [-0.4, -0.2) is 56.8 Å². The molecule has 0 spiro atoms. The molecule has 0 unspecified atom stereocenters. The van der Waals surface area contributed by atoms with Gasteiger partial charge in [0, 0.05) is 10.8 Å². The van der Waals surface area contributed by atoms with E-state index in [9.17, 15) is 20.1 Å². The second-order valence-corrected chi connectivity index (χ2v) is 6.07. The van der Waals surface area contributed by atoms with Crippen LogP contribution in [-0.2, 0) is 9.53 Å². The Morgan fingerprint density at radius 1 is 1.19 bits per heavy atom. The van der Waals surface area contributed by atoms with E-state index in [1.165, 1.54) is 11.8 Å². The third kappa shape index (κ3) is 3.96. The van der Waals surface area contributed by atoms with Crippen molar-refractivity contribution in [2.24, 2.45) is 5.92 Å². The van der Waals surface area contributed by atoms with Crippen molar-refractivity contribution in [3.05, 3.63) is 30.3 Å². The van der Waals surface area contributed by atoms with Crippen LogP contribution >= 0.6 is 11.8 Å². The van der Waals surface area contributed by atoms with E-state index in [1.54, 1.807) is 0 Å². The summed E-state index contributed by atoms with van der Waals surface area (Å²) in [4.78, 5) is 11.8. The van der Waals surface area contributed by atoms with Crippen molar-refractivity contribution < 1.29 is 30.0 Å². The Hall–Kier alpha value is -1.12. The van der Waals surface area contributed by atoms with Gasteiger partial charge in [0.2, 0.25) is 0 Å². The number of aliphatic carboxylic acids is 1. The first kappa shape index (κ1) is 16.3. The molecule has 21 heavy (non-hydrogen) atoms. The lowest BCUT2D eigenvalue weighted by Gasteiger charge is -2.41. The zero-order chi connectivity index (χ0) is 15.4. The summed E-state index contributed by atoms with van der Waals surface area (Å²) in [5.74, 6) is -1.83. The fourth-order valence-electron chi connectivity index (χ4n) is 2.31. The highest BCUT2D eigenvalue weighted by Crippen LogP contribution is 2.38. The van der Waals surface area contributed by atoms with Crippen molar-refractivity contribution in [3.8, 4) is 0 Å². The fourth-order valence-corrected chi connectivity index (χ4v) is 3.52. The van der Waals surface area contributed by atoms with Gasteiger partial charge in [-0.05, 0) is 12.1 Å². The van der Waals surface area contributed by atoms with Crippen molar-refractivity contribution in [1.82, 2.24) is 0 Å². The van der Waals surface area contributed by atoms with Gasteiger partial charge in [-0.3, -0.25) is 4.79 Å². The van der Waals surface area contributed by atoms with Gasteiger partial charge in [-0.1, -0.05) is 30.0 Å². The van der Waals surface area contributed by atoms with Gasteiger partial charge < -0.3 is 25.2 Å². The van der Waals surface area contributed by atoms with Crippen LogP contribution in [0.15, 0.2) is 35.2 Å². The molecule has 116 valence electrons. The molecule has 1 aromatic carbocycles. The van der Waals surface area contributed by atoms with Gasteiger partial charge in [0.25, 0.3) is 0 Å². The second kappa shape index (κ2) is 7.24. The maximum absolute atomic E-state index is 11.0. The Labute approximate surface area is 126 Å². The smallest absolute Gasteiger partial charge is 0.303 e. The number of hydrogen-bond donors (Lipinski definition) is 4. The maximum Gasteiger partial charge on any atom is 0.303 e. The summed E-state index contributed by atoms with van der Waals surface area (Å²) in [5, 5.41) is 38.2. The Morgan fingerprint density at radius 2 is 1.86 bits per heavy atom. The molecule has 2 rings (SSSR count). The molecule has 1 aliphatic rings. The van der Waals surface area contributed by atoms with Gasteiger partial charge >= 0.3 is 5.97 Å². The van der Waals surface area contributed by atoms with E-state index in [1.807, 2.05) is 30.3 Å². The summed E-state index contributed by atoms with van der Waals surface area (Å²) in [7, 11) is 0. The average Bonchev–Trinajstić information content (AvgIpc) is 2.47. The first-order valence-electron chi connectivity index (χ1n) is 6.59. The monoisotopic (exact) mass is 314 g/mol. The quantitative estimate of drug-likeness (QED) is 0.619. The lowest BCUT2D eigenvalue weighted by Crippen LogP contribution is -2.55. The summed E-state index contributed by atoms with van der Waals surface area (Å²) in [6.07, 6.45) is -3.80. The van der Waals surface area contributed by atoms with E-state index in [4.69, 9.17) is 9.84 Å². The lowest BCUT2D eigenvalue weighted by atomic mass is 9.90. The number of carboxylic acids is 1. The van der Waals surface area contributed by atoms with Gasteiger partial charge in [0.15, 0.2) is 0 Å². The molecule has 1 aliphatic heterocycles. The number of thioether (sulfide) groups is 1. The first-order chi connectivity index (χ1) is 10.0. The molecule has 6 nitrogen and oxygen atoms in total. The van der Waals surface area contributed by atoms with Crippen LogP contribution in [0.1, 0.15) is 6.42 Å². The van der Waals surface area contributed by atoms with Gasteiger partial charge in [0.1, 0.15) is 17.6 Å². The number of hydrogen-bond acceptors (Lipinski definition) is 6. The molecule has 7 heteroatoms. The Balaban J connectivity index is 2.18. The molecule has 0 amide bonds. The van der Waals surface area contributed by atoms with Crippen LogP contribution in [0.25, 0.3) is 0 Å². The third-order valence-electron chi connectivity index (χ3n) is 3.41. The SMILES string of the molecule is O=C(O)C[C@@H]1[C@@H](O)[C@H](O)[C@@H](CO)O[C@H]1Sc1ccccc1. The minimum absolute atomic E-state index is 0.319. The second-order valence-electron chi connectivity index (χ2n) is 4.90. The Bertz CT molecular complexity index is 468. The van der Waals surface area contributed by atoms with Crippen molar-refractivity contribution in [2.75, 3.05) is 6.61 Å². The number of aliphatic hydroxyl groups is 3. The molecule has 0 aromatic heterocycles. The summed E-state index contributed by atoms with van der Waals surface area (Å²) in [6.45, 7) is -0.441. The molecule has 1 heterocycles. The molecule has 5 atom stereocenters. The number of carbonyl (C=O) groups is 1. The van der Waals surface area contributed by atoms with Crippen LogP contribution in [0.2, 0.25) is 0 Å². The average molecular weight is 314 g/mol. The van der Waals surface area contributed by atoms with Crippen molar-refractivity contribution in [2.45, 2.75) is 35.1 Å². The molecular weight excluding hydrogens is 296 g/mol. The molecule has 0 aliphatic carbocycles. The van der Waals surface area contributed by atoms with Crippen molar-refractivity contribution >= 4 is 17.7 Å². The van der Waals surface area contributed by atoms with Gasteiger partial charge in [-0.25, -0.2) is 0 Å². The predicted molar refractivity (Wildman–Crippen MR) is 75.8 cm³/mol. The van der Waals surface area contributed by atoms with Crippen LogP contribution in [0.3, 0.4) is 0 Å². The standard InChI is InChI=1S/C14H18O6S/c15-7-10-13(19)12(18)9(6-11(16)17)14(20-10)21-8-4-2-1-3-5-8/h1-5,9-10,12-15,18-19H,6-7H2,(H,16,17)/t9-,10-,12-,13-,14+/m1/s1. The van der Waals surface area contributed by atoms with Gasteiger partial charge in [-0.2, -0.15) is 0 Å². The number of carboxylic acid groups (broad SMARTS) is 1. The molecule has 1 aromatic rings. The Morgan fingerprint density at radius 3 is 2.43 bits per heavy atom. The van der Waals surface area contributed by atoms with Crippen LogP contribution in [0.4, 0.5) is 0 Å². The molecule has 0 bridgehead atoms. The zero-order valence-corrected chi connectivity index (χ0v) is 12.0. The zero-order valence-electron chi connectivity index (χ0n) is 11.2. The minimum atomic E-state index is -1.30. The third-order valence-corrected chi connectivity index (χ3v) is 4.65. The van der Waals surface area contributed by atoms with Gasteiger partial charge in [0.05, 0.1) is 19.1 Å². The summed E-state index contributed by atoms with van der Waals surface area (Å²) >= 11 is 1.27. The highest BCUT2D eigenvalue weighted by Gasteiger charge is 2.45. The van der Waals surface area contributed by atoms with E-state index in [2.05, 4.69) is 0 Å². The van der Waals surface area contributed by atoms with Crippen molar-refractivity contribution in [1.29, 1.82) is 0 Å². The summed E-state index contributed by atoms with van der Waals surface area (Å²) in [6, 6.07) is 9.22. The Kier molecular flexibility index (Phi) is 5.60. The predicted octanol–water partition coefficient (Wildman–Crippen LogP) is 0.309. The number of benzene rings is 1. The molecule has 0 radical (unpaired) electrons. The maximum atomic E-state index is 11.0. The summed E-state index contributed by atoms with van der Waals surface area (Å²) in [5.41, 5.74) is -0.654. The molecule has 1 saturated heterocycles. The largest absolute Gasteiger partial charge is 0.481 e. The molecular formula is C14H18O6S. The first-order valence-corrected chi connectivity index (χ1v) is 7.47. The number of ether oxygens (including phenoxy) is 1. The highest BCUT2D eigenvalue weighted by molar-refractivity contribution is 7.99. The van der Waals surface area contributed by atoms with Crippen molar-refractivity contribution in [3.63, 3.8) is 0 Å². The normalized spacial score (nSPS) is 32.8. The highest BCUT2D eigenvalue weighted by atomic mass is 32.2. The van der Waals surface area contributed by atoms with Crippen LogP contribution in [0.5, 0.6) is 0 Å². The lowest BCUT2D eigenvalue weighted by molar-refractivity contribution is -0.189. The molecule has 1 fully saturated rings. The minimum Gasteiger partial charge on any atom is -0.481 e. The molecule has 0 saturated carbocycles. The van der Waals surface area contributed by atoms with E-state index < -0.39 is 42.2 Å². The van der Waals surface area contributed by atoms with E-state index >= 15 is 0 Å². The van der Waals surface area contributed by atoms with E-state index in [-0.39, 0.29) is 6.42 Å². The van der Waals surface area contributed by atoms with E-state index in [0.29, 0.717) is 0 Å². The summed E-state index contributed by atoms with van der Waals surface area (Å²) < 4.78 is 5.58. The number of rotatable bonds is 5. The van der Waals surface area contributed by atoms with E-state index in [0.717, 1.165) is 4.90 Å². The number of aliphatic hydroxyl groups excluding tert-OH is 3. The van der Waals surface area contributed by atoms with Crippen LogP contribution < -0.4 is 0 Å². The topological polar surface area (TPSA) is 107 Å². The van der Waals surface area contributed by atoms with Gasteiger partial charge in [-0.15, -0.1) is 0 Å². The fraction of sp³-hybridized carbons (Fsp3) is 0.500. The molecule has 4 N–H and O–H groups in total. The van der Waals surface area contributed by atoms with Crippen LogP contribution in [0, 0.1) is 5.92 Å².